The molecule has 13 heavy (non-hydrogen) atoms. The van der Waals surface area contributed by atoms with Gasteiger partial charge in [0, 0.05) is 6.54 Å². The van der Waals surface area contributed by atoms with Crippen molar-refractivity contribution in [2.24, 2.45) is 0 Å². The Balaban J connectivity index is 3.39. The maximum Gasteiger partial charge on any atom is 0.414 e. The van der Waals surface area contributed by atoms with E-state index in [0.29, 0.717) is 13.1 Å². The number of nitrogens with one attached hydrogen (secondary N) is 1. The topological polar surface area (TPSA) is 21.3 Å². The Morgan fingerprint density at radius 3 is 2.62 bits per heavy atom. The average Bonchev–Trinajstić information content (AvgIpc) is 2.02. The van der Waals surface area contributed by atoms with Crippen molar-refractivity contribution in [1.82, 2.24) is 5.32 Å². The van der Waals surface area contributed by atoms with Gasteiger partial charge in [0.25, 0.3) is 0 Å². The first-order valence-electron chi connectivity index (χ1n) is 3.81. The van der Waals surface area contributed by atoms with Gasteiger partial charge in [-0.05, 0) is 6.92 Å². The zero-order chi connectivity index (χ0) is 10.3. The minimum Gasteiger partial charge on any atom is -0.368 e. The summed E-state index contributed by atoms with van der Waals surface area (Å²) in [4.78, 5) is 0. The van der Waals surface area contributed by atoms with Crippen LogP contribution >= 0.6 is 0 Å². The molecular formula is C8H12F3NO. The number of hydrogen-bond donors (Lipinski definition) is 1. The quantitative estimate of drug-likeness (QED) is 0.525. The Kier molecular flexibility index (Phi) is 5.51. The van der Waals surface area contributed by atoms with Crippen LogP contribution in [0, 0.1) is 12.3 Å². The Morgan fingerprint density at radius 2 is 2.15 bits per heavy atom. The minimum absolute atomic E-state index is 0.00234. The normalized spacial score (nSPS) is 13.8. The molecule has 0 saturated carbocycles. The molecule has 0 aliphatic carbocycles. The molecule has 0 fully saturated rings. The van der Waals surface area contributed by atoms with Gasteiger partial charge >= 0.3 is 6.18 Å². The van der Waals surface area contributed by atoms with Gasteiger partial charge in [-0.1, -0.05) is 5.92 Å². The lowest BCUT2D eigenvalue weighted by Gasteiger charge is -2.16. The summed E-state index contributed by atoms with van der Waals surface area (Å²) in [6.07, 6.45) is -1.10. The first kappa shape index (κ1) is 12.3. The second kappa shape index (κ2) is 5.84. The molecule has 1 atom stereocenters. The second-order valence-corrected chi connectivity index (χ2v) is 2.44. The molecule has 1 unspecified atom stereocenters. The van der Waals surface area contributed by atoms with E-state index in [4.69, 9.17) is 6.42 Å². The molecule has 2 nitrogen and oxygen atoms in total. The third kappa shape index (κ3) is 6.43. The highest BCUT2D eigenvalue weighted by Crippen LogP contribution is 2.21. The monoisotopic (exact) mass is 195 g/mol. The molecule has 0 radical (unpaired) electrons. The van der Waals surface area contributed by atoms with E-state index in [0.717, 1.165) is 6.92 Å². The summed E-state index contributed by atoms with van der Waals surface area (Å²) in [5.74, 6) is 2.30. The molecule has 0 aromatic carbocycles. The highest BCUT2D eigenvalue weighted by molar-refractivity contribution is 4.86. The first-order chi connectivity index (χ1) is 5.98. The fraction of sp³-hybridized carbons (Fsp3) is 0.750. The SMILES string of the molecule is C#CCNCCOC(C)C(F)(F)F. The molecule has 0 saturated heterocycles. The van der Waals surface area contributed by atoms with Gasteiger partial charge in [-0.25, -0.2) is 0 Å². The zero-order valence-electron chi connectivity index (χ0n) is 7.32. The maximum absolute atomic E-state index is 11.8. The van der Waals surface area contributed by atoms with Crippen LogP contribution in [0.15, 0.2) is 0 Å². The van der Waals surface area contributed by atoms with Crippen molar-refractivity contribution in [1.29, 1.82) is 0 Å². The third-order valence-electron chi connectivity index (χ3n) is 1.33. The third-order valence-corrected chi connectivity index (χ3v) is 1.33. The average molecular weight is 195 g/mol. The lowest BCUT2D eigenvalue weighted by atomic mass is 10.4. The van der Waals surface area contributed by atoms with Gasteiger partial charge in [0.2, 0.25) is 0 Å². The van der Waals surface area contributed by atoms with E-state index < -0.39 is 12.3 Å². The smallest absolute Gasteiger partial charge is 0.368 e. The number of terminal acetylenes is 1. The summed E-state index contributed by atoms with van der Waals surface area (Å²) >= 11 is 0. The van der Waals surface area contributed by atoms with Crippen LogP contribution in [0.1, 0.15) is 6.92 Å². The predicted octanol–water partition coefficient (Wildman–Crippen LogP) is 1.18. The van der Waals surface area contributed by atoms with Crippen molar-refractivity contribution in [2.75, 3.05) is 19.7 Å². The summed E-state index contributed by atoms with van der Waals surface area (Å²) in [5, 5.41) is 2.71. The summed E-state index contributed by atoms with van der Waals surface area (Å²) < 4.78 is 40.0. The molecular weight excluding hydrogens is 183 g/mol. The molecule has 76 valence electrons. The van der Waals surface area contributed by atoms with Crippen molar-refractivity contribution < 1.29 is 17.9 Å². The predicted molar refractivity (Wildman–Crippen MR) is 43.2 cm³/mol. The molecule has 0 aliphatic heterocycles. The van der Waals surface area contributed by atoms with E-state index in [2.05, 4.69) is 16.0 Å². The van der Waals surface area contributed by atoms with E-state index in [1.165, 1.54) is 0 Å². The maximum atomic E-state index is 11.8. The number of alkyl halides is 3. The van der Waals surface area contributed by atoms with Crippen molar-refractivity contribution in [3.05, 3.63) is 0 Å². The summed E-state index contributed by atoms with van der Waals surface area (Å²) in [7, 11) is 0. The standard InChI is InChI=1S/C8H12F3NO/c1-3-4-12-5-6-13-7(2)8(9,10)11/h1,7,12H,4-6H2,2H3. The number of rotatable bonds is 5. The molecule has 5 heteroatoms. The molecule has 0 aromatic rings. The molecule has 1 N–H and O–H groups in total. The number of halogens is 3. The Labute approximate surface area is 75.5 Å². The van der Waals surface area contributed by atoms with Crippen LogP contribution in [0.2, 0.25) is 0 Å². The Hall–Kier alpha value is -0.730. The van der Waals surface area contributed by atoms with Crippen LogP contribution in [0.5, 0.6) is 0 Å². The zero-order valence-corrected chi connectivity index (χ0v) is 7.32. The highest BCUT2D eigenvalue weighted by atomic mass is 19.4. The van der Waals surface area contributed by atoms with Crippen LogP contribution < -0.4 is 5.32 Å². The molecule has 0 heterocycles. The summed E-state index contributed by atoms with van der Waals surface area (Å²) in [6, 6.07) is 0. The van der Waals surface area contributed by atoms with Crippen molar-refractivity contribution in [3.63, 3.8) is 0 Å². The molecule has 0 rings (SSSR count). The van der Waals surface area contributed by atoms with Gasteiger partial charge in [-0.3, -0.25) is 0 Å². The van der Waals surface area contributed by atoms with Gasteiger partial charge in [0.05, 0.1) is 13.2 Å². The largest absolute Gasteiger partial charge is 0.414 e. The fourth-order valence-electron chi connectivity index (χ4n) is 0.563. The molecule has 0 amide bonds. The van der Waals surface area contributed by atoms with E-state index >= 15 is 0 Å². The highest BCUT2D eigenvalue weighted by Gasteiger charge is 2.36. The Morgan fingerprint density at radius 1 is 1.54 bits per heavy atom. The lowest BCUT2D eigenvalue weighted by Crippen LogP contribution is -2.31. The van der Waals surface area contributed by atoms with Crippen LogP contribution in [-0.2, 0) is 4.74 Å². The minimum atomic E-state index is -4.29. The van der Waals surface area contributed by atoms with Crippen LogP contribution in [0.4, 0.5) is 13.2 Å². The molecule has 0 aromatic heterocycles. The first-order valence-corrected chi connectivity index (χ1v) is 3.81. The van der Waals surface area contributed by atoms with Crippen molar-refractivity contribution >= 4 is 0 Å². The summed E-state index contributed by atoms with van der Waals surface area (Å²) in [6.45, 7) is 1.64. The van der Waals surface area contributed by atoms with Crippen molar-refractivity contribution in [3.8, 4) is 12.3 Å². The van der Waals surface area contributed by atoms with E-state index in [1.54, 1.807) is 0 Å². The van der Waals surface area contributed by atoms with Gasteiger partial charge in [0.1, 0.15) is 0 Å². The van der Waals surface area contributed by atoms with E-state index in [9.17, 15) is 13.2 Å². The fourth-order valence-corrected chi connectivity index (χ4v) is 0.563. The lowest BCUT2D eigenvalue weighted by molar-refractivity contribution is -0.213. The van der Waals surface area contributed by atoms with Crippen molar-refractivity contribution in [2.45, 2.75) is 19.2 Å². The Bertz CT molecular complexity index is 173. The number of hydrogen-bond acceptors (Lipinski definition) is 2. The molecule has 0 bridgehead atoms. The second-order valence-electron chi connectivity index (χ2n) is 2.44. The van der Waals surface area contributed by atoms with Gasteiger partial charge in [-0.2, -0.15) is 13.2 Å². The van der Waals surface area contributed by atoms with Crippen LogP contribution in [-0.4, -0.2) is 32.0 Å². The molecule has 0 aliphatic rings. The van der Waals surface area contributed by atoms with Crippen LogP contribution in [0.3, 0.4) is 0 Å². The number of ether oxygens (including phenoxy) is 1. The van der Waals surface area contributed by atoms with Crippen LogP contribution in [0.25, 0.3) is 0 Å². The van der Waals surface area contributed by atoms with E-state index in [-0.39, 0.29) is 6.61 Å². The van der Waals surface area contributed by atoms with Gasteiger partial charge < -0.3 is 10.1 Å². The van der Waals surface area contributed by atoms with Gasteiger partial charge in [-0.15, -0.1) is 6.42 Å². The van der Waals surface area contributed by atoms with Gasteiger partial charge in [0.15, 0.2) is 6.10 Å². The molecule has 0 spiro atoms. The van der Waals surface area contributed by atoms with E-state index in [1.807, 2.05) is 0 Å². The summed E-state index contributed by atoms with van der Waals surface area (Å²) in [5.41, 5.74) is 0.